The zero-order valence-corrected chi connectivity index (χ0v) is 13.6. The first-order valence-corrected chi connectivity index (χ1v) is 7.86. The van der Waals surface area contributed by atoms with Crippen molar-refractivity contribution >= 4 is 5.78 Å². The van der Waals surface area contributed by atoms with Crippen LogP contribution in [-0.4, -0.2) is 33.2 Å². The lowest BCUT2D eigenvalue weighted by atomic mass is 9.86. The van der Waals surface area contributed by atoms with Gasteiger partial charge in [-0.15, -0.1) is 0 Å². The Hall–Kier alpha value is -2.69. The molecule has 5 nitrogen and oxygen atoms in total. The fourth-order valence-electron chi connectivity index (χ4n) is 3.35. The number of ether oxygens (including phenoxy) is 4. The highest BCUT2D eigenvalue weighted by Gasteiger charge is 2.39. The van der Waals surface area contributed by atoms with E-state index in [0.717, 1.165) is 34.1 Å². The summed E-state index contributed by atoms with van der Waals surface area (Å²) in [5.41, 5.74) is 1.84. The van der Waals surface area contributed by atoms with Gasteiger partial charge in [0.2, 0.25) is 0 Å². The quantitative estimate of drug-likeness (QED) is 0.865. The van der Waals surface area contributed by atoms with E-state index in [2.05, 4.69) is 0 Å². The first-order valence-electron chi connectivity index (χ1n) is 7.86. The molecular formula is C19H18O5. The van der Waals surface area contributed by atoms with Gasteiger partial charge in [-0.3, -0.25) is 4.79 Å². The van der Waals surface area contributed by atoms with Gasteiger partial charge in [0.15, 0.2) is 5.78 Å². The first kappa shape index (κ1) is 14.9. The van der Waals surface area contributed by atoms with Crippen molar-refractivity contribution in [2.75, 3.05) is 27.4 Å². The van der Waals surface area contributed by atoms with Gasteiger partial charge in [0, 0.05) is 23.3 Å². The Morgan fingerprint density at radius 1 is 0.875 bits per heavy atom. The molecule has 2 aromatic carbocycles. The van der Waals surface area contributed by atoms with E-state index < -0.39 is 0 Å². The van der Waals surface area contributed by atoms with Crippen molar-refractivity contribution in [3.63, 3.8) is 0 Å². The highest BCUT2D eigenvalue weighted by atomic mass is 16.5. The number of ketones is 1. The van der Waals surface area contributed by atoms with Crippen molar-refractivity contribution < 1.29 is 23.7 Å². The van der Waals surface area contributed by atoms with Crippen LogP contribution in [0.15, 0.2) is 36.4 Å². The van der Waals surface area contributed by atoms with Crippen LogP contribution >= 0.6 is 0 Å². The van der Waals surface area contributed by atoms with E-state index in [9.17, 15) is 4.79 Å². The molecule has 2 aliphatic rings. The minimum absolute atomic E-state index is 0.128. The van der Waals surface area contributed by atoms with Crippen molar-refractivity contribution in [3.8, 4) is 23.0 Å². The molecule has 2 atom stereocenters. The Labute approximate surface area is 140 Å². The molecule has 2 heterocycles. The van der Waals surface area contributed by atoms with Crippen LogP contribution in [0, 0.1) is 0 Å². The van der Waals surface area contributed by atoms with Crippen molar-refractivity contribution in [1.82, 2.24) is 0 Å². The van der Waals surface area contributed by atoms with Gasteiger partial charge in [-0.2, -0.15) is 0 Å². The normalized spacial score (nSPS) is 20.6. The Bertz CT molecular complexity index is 733. The maximum absolute atomic E-state index is 13.1. The Balaban J connectivity index is 1.61. The lowest BCUT2D eigenvalue weighted by Crippen LogP contribution is -2.22. The van der Waals surface area contributed by atoms with Gasteiger partial charge >= 0.3 is 0 Å². The van der Waals surface area contributed by atoms with E-state index in [1.54, 1.807) is 14.2 Å². The summed E-state index contributed by atoms with van der Waals surface area (Å²) in [7, 11) is 3.22. The predicted octanol–water partition coefficient (Wildman–Crippen LogP) is 2.93. The third kappa shape index (κ3) is 2.28. The third-order valence-corrected chi connectivity index (χ3v) is 4.69. The number of hydrogen-bond donors (Lipinski definition) is 0. The summed E-state index contributed by atoms with van der Waals surface area (Å²) in [5.74, 6) is 2.48. The Morgan fingerprint density at radius 3 is 1.75 bits per heavy atom. The molecule has 5 heteroatoms. The molecule has 0 amide bonds. The second kappa shape index (κ2) is 5.74. The summed E-state index contributed by atoms with van der Waals surface area (Å²) in [5, 5.41) is 0. The van der Waals surface area contributed by atoms with Crippen LogP contribution in [0.3, 0.4) is 0 Å². The summed E-state index contributed by atoms with van der Waals surface area (Å²) in [4.78, 5) is 13.1. The van der Waals surface area contributed by atoms with E-state index in [4.69, 9.17) is 18.9 Å². The van der Waals surface area contributed by atoms with E-state index >= 15 is 0 Å². The second-order valence-electron chi connectivity index (χ2n) is 5.94. The van der Waals surface area contributed by atoms with E-state index in [1.807, 2.05) is 36.4 Å². The fourth-order valence-corrected chi connectivity index (χ4v) is 3.35. The molecule has 0 saturated heterocycles. The molecule has 0 spiro atoms. The summed E-state index contributed by atoms with van der Waals surface area (Å²) >= 11 is 0. The minimum atomic E-state index is -0.271. The molecule has 2 aromatic rings. The Kier molecular flexibility index (Phi) is 3.56. The zero-order chi connectivity index (χ0) is 16.7. The molecule has 0 aromatic heterocycles. The van der Waals surface area contributed by atoms with E-state index in [0.29, 0.717) is 13.2 Å². The lowest BCUT2D eigenvalue weighted by molar-refractivity contribution is -0.122. The SMILES string of the molecule is COc1ccc2c(c1)OCC2C(=O)C1COc2cc(OC)ccc21. The molecule has 0 aliphatic carbocycles. The van der Waals surface area contributed by atoms with Crippen molar-refractivity contribution in [2.45, 2.75) is 11.8 Å². The van der Waals surface area contributed by atoms with Gasteiger partial charge in [-0.05, 0) is 12.1 Å². The van der Waals surface area contributed by atoms with Crippen LogP contribution in [0.1, 0.15) is 23.0 Å². The number of benzene rings is 2. The van der Waals surface area contributed by atoms with Crippen molar-refractivity contribution in [1.29, 1.82) is 0 Å². The summed E-state index contributed by atoms with van der Waals surface area (Å²) in [6.45, 7) is 0.729. The number of hydrogen-bond acceptors (Lipinski definition) is 5. The number of carbonyl (C=O) groups excluding carboxylic acids is 1. The van der Waals surface area contributed by atoms with Crippen LogP contribution in [-0.2, 0) is 4.79 Å². The number of fused-ring (bicyclic) bond motifs is 2. The molecule has 0 fully saturated rings. The van der Waals surface area contributed by atoms with Crippen LogP contribution in [0.5, 0.6) is 23.0 Å². The molecule has 0 bridgehead atoms. The van der Waals surface area contributed by atoms with E-state index in [-0.39, 0.29) is 17.6 Å². The molecule has 0 saturated carbocycles. The monoisotopic (exact) mass is 326 g/mol. The van der Waals surface area contributed by atoms with Gasteiger partial charge in [-0.1, -0.05) is 12.1 Å². The number of methoxy groups -OCH3 is 2. The predicted molar refractivity (Wildman–Crippen MR) is 87.5 cm³/mol. The van der Waals surface area contributed by atoms with Gasteiger partial charge in [0.1, 0.15) is 36.2 Å². The summed E-state index contributed by atoms with van der Waals surface area (Å²) in [6, 6.07) is 11.2. The van der Waals surface area contributed by atoms with Crippen LogP contribution in [0.4, 0.5) is 0 Å². The molecule has 0 N–H and O–H groups in total. The van der Waals surface area contributed by atoms with Crippen LogP contribution in [0.25, 0.3) is 0 Å². The maximum atomic E-state index is 13.1. The summed E-state index contributed by atoms with van der Waals surface area (Å²) in [6.07, 6.45) is 0. The van der Waals surface area contributed by atoms with Crippen LogP contribution in [0.2, 0.25) is 0 Å². The highest BCUT2D eigenvalue weighted by Crippen LogP contribution is 2.43. The third-order valence-electron chi connectivity index (χ3n) is 4.69. The van der Waals surface area contributed by atoms with Crippen molar-refractivity contribution in [3.05, 3.63) is 47.5 Å². The molecule has 24 heavy (non-hydrogen) atoms. The molecule has 2 aliphatic heterocycles. The summed E-state index contributed by atoms with van der Waals surface area (Å²) < 4.78 is 21.8. The van der Waals surface area contributed by atoms with Gasteiger partial charge in [-0.25, -0.2) is 0 Å². The van der Waals surface area contributed by atoms with E-state index in [1.165, 1.54) is 0 Å². The topological polar surface area (TPSA) is 54.0 Å². The minimum Gasteiger partial charge on any atom is -0.497 e. The molecule has 4 rings (SSSR count). The molecular weight excluding hydrogens is 308 g/mol. The first-order chi connectivity index (χ1) is 11.7. The number of rotatable bonds is 4. The highest BCUT2D eigenvalue weighted by molar-refractivity contribution is 5.94. The second-order valence-corrected chi connectivity index (χ2v) is 5.94. The molecule has 0 radical (unpaired) electrons. The number of Topliss-reactive ketones (excluding diaryl/α,β-unsaturated/α-hetero) is 1. The van der Waals surface area contributed by atoms with Gasteiger partial charge in [0.05, 0.1) is 26.1 Å². The van der Waals surface area contributed by atoms with Gasteiger partial charge in [0.25, 0.3) is 0 Å². The average molecular weight is 326 g/mol. The Morgan fingerprint density at radius 2 is 1.33 bits per heavy atom. The van der Waals surface area contributed by atoms with Gasteiger partial charge < -0.3 is 18.9 Å². The molecule has 124 valence electrons. The molecule has 2 unspecified atom stereocenters. The largest absolute Gasteiger partial charge is 0.497 e. The smallest absolute Gasteiger partial charge is 0.154 e. The maximum Gasteiger partial charge on any atom is 0.154 e. The lowest BCUT2D eigenvalue weighted by Gasteiger charge is -2.13. The standard InChI is InChI=1S/C19H18O5/c1-21-11-3-5-13-15(9-23-17(13)7-11)19(20)16-10-24-18-8-12(22-2)4-6-14(16)18/h3-8,15-16H,9-10H2,1-2H3. The average Bonchev–Trinajstić information content (AvgIpc) is 3.23. The van der Waals surface area contributed by atoms with Crippen LogP contribution < -0.4 is 18.9 Å². The fraction of sp³-hybridized carbons (Fsp3) is 0.316. The zero-order valence-electron chi connectivity index (χ0n) is 13.6. The van der Waals surface area contributed by atoms with Crippen molar-refractivity contribution in [2.24, 2.45) is 0 Å². The number of carbonyl (C=O) groups is 1.